The third-order valence-electron chi connectivity index (χ3n) is 14.5. The number of carbonyl (C=O) groups is 8. The Balaban J connectivity index is 1.67. The predicted molar refractivity (Wildman–Crippen MR) is 268 cm³/mol. The number of nitrogens with zero attached hydrogens (tertiary/aromatic N) is 2. The van der Waals surface area contributed by atoms with E-state index < -0.39 is 146 Å². The van der Waals surface area contributed by atoms with Crippen LogP contribution in [-0.4, -0.2) is 192 Å². The lowest BCUT2D eigenvalue weighted by Crippen LogP contribution is -2.64. The highest BCUT2D eigenvalue weighted by atomic mass is 16.3. The lowest BCUT2D eigenvalue weighted by Gasteiger charge is -2.34. The SMILES string of the molecule is CCC(C)CC(C)CCCCCCCCC(=O)NC1CC(O)CNC(=O)C2C(O)CCN2C(=O)C(C(O)CCN)NC(=O)C(C(O)C(C=O)c2ccc(O)cc2)NC(=O)C2CC(O)CN2C(=O)C(C(C)O)NC1=O. The first-order valence-electron chi connectivity index (χ1n) is 26.2. The van der Waals surface area contributed by atoms with Crippen molar-refractivity contribution in [2.75, 3.05) is 26.2 Å². The summed E-state index contributed by atoms with van der Waals surface area (Å²) in [5, 5.41) is 89.3. The molecule has 4 rings (SSSR count). The highest BCUT2D eigenvalue weighted by molar-refractivity contribution is 5.98. The molecule has 3 saturated heterocycles. The number of phenols is 1. The van der Waals surface area contributed by atoms with Gasteiger partial charge in [-0.1, -0.05) is 77.8 Å². The van der Waals surface area contributed by atoms with Crippen LogP contribution in [0.2, 0.25) is 0 Å². The average molecular weight is 1050 g/mol. The van der Waals surface area contributed by atoms with Crippen LogP contribution >= 0.6 is 0 Å². The van der Waals surface area contributed by atoms with E-state index in [-0.39, 0.29) is 50.0 Å². The summed E-state index contributed by atoms with van der Waals surface area (Å²) in [5.74, 6) is -7.79. The Kier molecular flexibility index (Phi) is 24.6. The molecule has 3 aliphatic rings. The number of nitrogens with two attached hydrogens (primary N) is 1. The molecule has 0 bridgehead atoms. The lowest BCUT2D eigenvalue weighted by atomic mass is 9.89. The number of benzene rings is 1. The molecule has 7 amide bonds. The fraction of sp³-hybridized carbons (Fsp3) is 0.725. The number of β-amino-alcohol motifs (C(OH)–C–C–N with tert-alkyl or cyclic N) is 1. The van der Waals surface area contributed by atoms with E-state index in [0.29, 0.717) is 18.3 Å². The van der Waals surface area contributed by atoms with Crippen LogP contribution in [0.15, 0.2) is 24.3 Å². The number of phenolic OH excluding ortho intramolecular Hbond substituents is 1. The second-order valence-electron chi connectivity index (χ2n) is 20.6. The number of aliphatic hydroxyl groups is 6. The van der Waals surface area contributed by atoms with Gasteiger partial charge in [0, 0.05) is 38.9 Å². The van der Waals surface area contributed by atoms with Gasteiger partial charge in [-0.2, -0.15) is 0 Å². The van der Waals surface area contributed by atoms with Gasteiger partial charge in [0.1, 0.15) is 48.3 Å². The zero-order chi connectivity index (χ0) is 54.8. The van der Waals surface area contributed by atoms with Crippen LogP contribution in [0.3, 0.4) is 0 Å². The topological polar surface area (TPSA) is 371 Å². The van der Waals surface area contributed by atoms with Crippen molar-refractivity contribution in [3.05, 3.63) is 29.8 Å². The standard InChI is InChI=1S/C51H82N8O15/c1-5-28(2)22-29(3)12-10-8-6-7-9-11-13-40(67)54-36-23-33(63)25-53-49(72)44-39(66)19-21-58(44)51(74)42(38(65)18-20-52)56-48(71)43(45(68)35(27-60)31-14-16-32(62)17-15-31)57-47(70)37-24-34(64)26-59(37)50(73)41(30(4)61)55-46(36)69/h14-17,27-30,33-39,41-45,61-66,68H,5-13,18-26,52H2,1-4H3,(H,53,72)(H,54,67)(H,55,69)(H,56,71)(H,57,70). The Bertz CT molecular complexity index is 2030. The molecular formula is C51H82N8O15. The molecule has 15 atom stereocenters. The maximum absolute atomic E-state index is 14.5. The minimum absolute atomic E-state index is 0.00373. The molecular weight excluding hydrogens is 965 g/mol. The van der Waals surface area contributed by atoms with Gasteiger partial charge in [-0.3, -0.25) is 33.6 Å². The molecule has 74 heavy (non-hydrogen) atoms. The normalized spacial score (nSPS) is 28.2. The van der Waals surface area contributed by atoms with Crippen molar-refractivity contribution < 1.29 is 74.1 Å². The maximum atomic E-state index is 14.5. The minimum atomic E-state index is -2.19. The van der Waals surface area contributed by atoms with E-state index in [1.54, 1.807) is 0 Å². The molecule has 23 heteroatoms. The number of rotatable bonds is 21. The number of fused-ring (bicyclic) bond motifs is 2. The molecule has 0 saturated carbocycles. The molecule has 0 spiro atoms. The number of aromatic hydroxyl groups is 1. The second-order valence-corrected chi connectivity index (χ2v) is 20.6. The molecule has 15 unspecified atom stereocenters. The average Bonchev–Trinajstić information content (AvgIpc) is 3.95. The molecule has 3 heterocycles. The van der Waals surface area contributed by atoms with Gasteiger partial charge in [-0.05, 0) is 68.7 Å². The number of hydrogen-bond acceptors (Lipinski definition) is 16. The second kappa shape index (κ2) is 29.7. The van der Waals surface area contributed by atoms with Crippen molar-refractivity contribution >= 4 is 47.6 Å². The van der Waals surface area contributed by atoms with Crippen molar-refractivity contribution in [2.45, 2.75) is 196 Å². The molecule has 1 aromatic rings. The lowest BCUT2D eigenvalue weighted by molar-refractivity contribution is -0.147. The first-order chi connectivity index (χ1) is 35.1. The summed E-state index contributed by atoms with van der Waals surface area (Å²) in [7, 11) is 0. The first-order valence-corrected chi connectivity index (χ1v) is 26.2. The molecule has 416 valence electrons. The van der Waals surface area contributed by atoms with E-state index in [4.69, 9.17) is 5.73 Å². The summed E-state index contributed by atoms with van der Waals surface area (Å²) in [6.07, 6.45) is -2.49. The molecule has 0 aliphatic carbocycles. The Hall–Kier alpha value is -5.30. The zero-order valence-electron chi connectivity index (χ0n) is 43.1. The van der Waals surface area contributed by atoms with Crippen molar-refractivity contribution in [1.29, 1.82) is 0 Å². The number of unbranched alkanes of at least 4 members (excludes halogenated alkanes) is 5. The predicted octanol–water partition coefficient (Wildman–Crippen LogP) is -1.94. The van der Waals surface area contributed by atoms with Crippen molar-refractivity contribution in [3.8, 4) is 5.75 Å². The van der Waals surface area contributed by atoms with Crippen LogP contribution in [-0.2, 0) is 38.4 Å². The van der Waals surface area contributed by atoms with E-state index in [1.807, 2.05) is 0 Å². The molecule has 3 fully saturated rings. The monoisotopic (exact) mass is 1050 g/mol. The number of aliphatic hydroxyl groups excluding tert-OH is 6. The van der Waals surface area contributed by atoms with Crippen LogP contribution in [0.1, 0.15) is 129 Å². The molecule has 0 aromatic heterocycles. The van der Waals surface area contributed by atoms with E-state index >= 15 is 0 Å². The summed E-state index contributed by atoms with van der Waals surface area (Å²) in [4.78, 5) is 113. The summed E-state index contributed by atoms with van der Waals surface area (Å²) in [6.45, 7) is 6.29. The summed E-state index contributed by atoms with van der Waals surface area (Å²) >= 11 is 0. The summed E-state index contributed by atoms with van der Waals surface area (Å²) in [6, 6.07) is -5.95. The third-order valence-corrected chi connectivity index (χ3v) is 14.5. The van der Waals surface area contributed by atoms with Gasteiger partial charge in [0.2, 0.25) is 41.4 Å². The highest BCUT2D eigenvalue weighted by Gasteiger charge is 2.48. The van der Waals surface area contributed by atoms with Gasteiger partial charge in [0.15, 0.2) is 0 Å². The maximum Gasteiger partial charge on any atom is 0.248 e. The molecule has 3 aliphatic heterocycles. The minimum Gasteiger partial charge on any atom is -0.508 e. The largest absolute Gasteiger partial charge is 0.508 e. The number of nitrogens with one attached hydrogen (secondary N) is 5. The summed E-state index contributed by atoms with van der Waals surface area (Å²) in [5.41, 5.74) is 5.79. The fourth-order valence-electron chi connectivity index (χ4n) is 10.00. The van der Waals surface area contributed by atoms with Gasteiger partial charge >= 0.3 is 0 Å². The number of hydrogen-bond donors (Lipinski definition) is 13. The van der Waals surface area contributed by atoms with E-state index in [2.05, 4.69) is 47.4 Å². The van der Waals surface area contributed by atoms with Crippen molar-refractivity contribution in [1.82, 2.24) is 36.4 Å². The van der Waals surface area contributed by atoms with Crippen LogP contribution < -0.4 is 32.3 Å². The van der Waals surface area contributed by atoms with E-state index in [0.717, 1.165) is 61.7 Å². The molecule has 23 nitrogen and oxygen atoms in total. The van der Waals surface area contributed by atoms with E-state index in [9.17, 15) is 74.1 Å². The first kappa shape index (κ1) is 61.2. The Labute approximate surface area is 432 Å². The Morgan fingerprint density at radius 2 is 1.39 bits per heavy atom. The number of carbonyl (C=O) groups excluding carboxylic acids is 8. The van der Waals surface area contributed by atoms with Crippen LogP contribution in [0.4, 0.5) is 0 Å². The van der Waals surface area contributed by atoms with Crippen LogP contribution in [0.25, 0.3) is 0 Å². The van der Waals surface area contributed by atoms with Gasteiger partial charge in [0.05, 0.1) is 42.5 Å². The van der Waals surface area contributed by atoms with Crippen molar-refractivity contribution in [3.63, 3.8) is 0 Å². The van der Waals surface area contributed by atoms with Crippen molar-refractivity contribution in [2.24, 2.45) is 17.6 Å². The van der Waals surface area contributed by atoms with Gasteiger partial charge < -0.3 is 82.7 Å². The van der Waals surface area contributed by atoms with Crippen LogP contribution in [0, 0.1) is 11.8 Å². The molecule has 14 N–H and O–H groups in total. The quantitative estimate of drug-likeness (QED) is 0.0471. The Morgan fingerprint density at radius 3 is 2.03 bits per heavy atom. The fourth-order valence-corrected chi connectivity index (χ4v) is 10.00. The number of aldehydes is 1. The molecule has 1 aromatic carbocycles. The van der Waals surface area contributed by atoms with Gasteiger partial charge in [-0.25, -0.2) is 0 Å². The molecule has 0 radical (unpaired) electrons. The highest BCUT2D eigenvalue weighted by Crippen LogP contribution is 2.27. The number of amides is 7. The van der Waals surface area contributed by atoms with E-state index in [1.165, 1.54) is 30.7 Å². The third kappa shape index (κ3) is 17.4. The Morgan fingerprint density at radius 1 is 0.770 bits per heavy atom. The smallest absolute Gasteiger partial charge is 0.248 e. The zero-order valence-corrected chi connectivity index (χ0v) is 43.1. The summed E-state index contributed by atoms with van der Waals surface area (Å²) < 4.78 is 0. The van der Waals surface area contributed by atoms with Gasteiger partial charge in [0.25, 0.3) is 0 Å². The van der Waals surface area contributed by atoms with Gasteiger partial charge in [-0.15, -0.1) is 0 Å². The van der Waals surface area contributed by atoms with Crippen LogP contribution in [0.5, 0.6) is 5.75 Å².